The first-order valence-corrected chi connectivity index (χ1v) is 8.79. The minimum Gasteiger partial charge on any atom is -0.493 e. The molecule has 3 aromatic rings. The highest BCUT2D eigenvalue weighted by molar-refractivity contribution is 6.42. The molecular weight excluding hydrogens is 409 g/mol. The maximum atomic E-state index is 11.8. The summed E-state index contributed by atoms with van der Waals surface area (Å²) in [5.41, 5.74) is 1.30. The Morgan fingerprint density at radius 2 is 1.82 bits per heavy atom. The number of aromatic carboxylic acids is 1. The molecule has 7 nitrogen and oxygen atoms in total. The largest absolute Gasteiger partial charge is 0.493 e. The zero-order valence-corrected chi connectivity index (χ0v) is 16.1. The molecule has 0 spiro atoms. The molecule has 2 aromatic carbocycles. The highest BCUT2D eigenvalue weighted by Gasteiger charge is 2.21. The summed E-state index contributed by atoms with van der Waals surface area (Å²) in [6, 6.07) is 9.75. The summed E-state index contributed by atoms with van der Waals surface area (Å²) in [7, 11) is 1.42. The van der Waals surface area contributed by atoms with Crippen LogP contribution in [0.1, 0.15) is 16.1 Å². The average Bonchev–Trinajstić information content (AvgIpc) is 3.01. The van der Waals surface area contributed by atoms with E-state index in [4.69, 9.17) is 37.8 Å². The van der Waals surface area contributed by atoms with Crippen molar-refractivity contribution in [3.05, 3.63) is 57.7 Å². The third-order valence-corrected chi connectivity index (χ3v) is 4.84. The first-order chi connectivity index (χ1) is 13.3. The Labute approximate surface area is 169 Å². The zero-order valence-electron chi connectivity index (χ0n) is 14.6. The number of aromatic nitrogens is 1. The van der Waals surface area contributed by atoms with Crippen LogP contribution in [0, 0.1) is 0 Å². The predicted octanol–water partition coefficient (Wildman–Crippen LogP) is 4.17. The van der Waals surface area contributed by atoms with E-state index in [0.29, 0.717) is 26.7 Å². The van der Waals surface area contributed by atoms with Crippen molar-refractivity contribution in [2.75, 3.05) is 13.7 Å². The fourth-order valence-corrected chi connectivity index (χ4v) is 3.22. The van der Waals surface area contributed by atoms with Crippen LogP contribution in [0.5, 0.6) is 11.5 Å². The van der Waals surface area contributed by atoms with Gasteiger partial charge in [0.05, 0.1) is 22.7 Å². The van der Waals surface area contributed by atoms with Crippen LogP contribution in [0.3, 0.4) is 0 Å². The quantitative estimate of drug-likeness (QED) is 0.591. The van der Waals surface area contributed by atoms with E-state index >= 15 is 0 Å². The van der Waals surface area contributed by atoms with Crippen molar-refractivity contribution in [2.45, 2.75) is 6.54 Å². The van der Waals surface area contributed by atoms with Crippen molar-refractivity contribution in [1.82, 2.24) is 4.57 Å². The van der Waals surface area contributed by atoms with Gasteiger partial charge >= 0.3 is 11.9 Å². The standard InChI is InChI=1S/C19H15Cl2NO6/c1-27-16-5-4-14-11(18(16)28-9-17(23)24)7-15(19(25)26)22(14)8-10-2-3-12(20)13(21)6-10/h2-7H,8-9H2,1H3,(H,23,24)(H,25,26). The van der Waals surface area contributed by atoms with E-state index in [0.717, 1.165) is 5.56 Å². The lowest BCUT2D eigenvalue weighted by atomic mass is 10.2. The minimum absolute atomic E-state index is 0.00880. The van der Waals surface area contributed by atoms with Crippen molar-refractivity contribution < 1.29 is 29.3 Å². The molecule has 9 heteroatoms. The van der Waals surface area contributed by atoms with E-state index in [1.807, 2.05) is 0 Å². The monoisotopic (exact) mass is 423 g/mol. The highest BCUT2D eigenvalue weighted by Crippen LogP contribution is 2.38. The van der Waals surface area contributed by atoms with Crippen LogP contribution in [0.2, 0.25) is 10.0 Å². The van der Waals surface area contributed by atoms with Crippen LogP contribution >= 0.6 is 23.2 Å². The van der Waals surface area contributed by atoms with Gasteiger partial charge in [-0.2, -0.15) is 0 Å². The van der Waals surface area contributed by atoms with Gasteiger partial charge in [-0.3, -0.25) is 0 Å². The number of aliphatic carboxylic acids is 1. The number of nitrogens with zero attached hydrogens (tertiary/aromatic N) is 1. The van der Waals surface area contributed by atoms with Crippen LogP contribution in [0.15, 0.2) is 36.4 Å². The third kappa shape index (κ3) is 3.85. The van der Waals surface area contributed by atoms with E-state index < -0.39 is 18.5 Å². The Hall–Kier alpha value is -2.90. The number of carboxylic acid groups (broad SMARTS) is 2. The molecule has 0 saturated carbocycles. The summed E-state index contributed by atoms with van der Waals surface area (Å²) >= 11 is 12.0. The molecule has 146 valence electrons. The molecule has 1 aromatic heterocycles. The Balaban J connectivity index is 2.16. The fourth-order valence-electron chi connectivity index (χ4n) is 2.90. The van der Waals surface area contributed by atoms with Crippen LogP contribution < -0.4 is 9.47 Å². The third-order valence-electron chi connectivity index (χ3n) is 4.10. The molecule has 0 atom stereocenters. The number of carbonyl (C=O) groups is 2. The van der Waals surface area contributed by atoms with Crippen LogP contribution in [-0.2, 0) is 11.3 Å². The number of carboxylic acids is 2. The van der Waals surface area contributed by atoms with E-state index in [-0.39, 0.29) is 18.0 Å². The lowest BCUT2D eigenvalue weighted by Crippen LogP contribution is -2.10. The van der Waals surface area contributed by atoms with Crippen molar-refractivity contribution >= 4 is 46.0 Å². The van der Waals surface area contributed by atoms with Gasteiger partial charge in [-0.25, -0.2) is 9.59 Å². The Morgan fingerprint density at radius 3 is 2.43 bits per heavy atom. The molecule has 3 rings (SSSR count). The SMILES string of the molecule is COc1ccc2c(cc(C(=O)O)n2Cc2ccc(Cl)c(Cl)c2)c1OCC(=O)O. The smallest absolute Gasteiger partial charge is 0.352 e. The molecule has 1 heterocycles. The van der Waals surface area contributed by atoms with E-state index in [1.165, 1.54) is 13.2 Å². The van der Waals surface area contributed by atoms with Gasteiger partial charge in [-0.1, -0.05) is 29.3 Å². The first-order valence-electron chi connectivity index (χ1n) is 8.04. The maximum Gasteiger partial charge on any atom is 0.352 e. The molecule has 0 bridgehead atoms. The van der Waals surface area contributed by atoms with Gasteiger partial charge in [-0.05, 0) is 35.9 Å². The first kappa shape index (κ1) is 19.9. The molecule has 0 radical (unpaired) electrons. The molecule has 0 fully saturated rings. The lowest BCUT2D eigenvalue weighted by molar-refractivity contribution is -0.139. The molecule has 0 aliphatic carbocycles. The Morgan fingerprint density at radius 1 is 1.07 bits per heavy atom. The van der Waals surface area contributed by atoms with E-state index in [9.17, 15) is 14.7 Å². The van der Waals surface area contributed by atoms with Crippen molar-refractivity contribution in [2.24, 2.45) is 0 Å². The van der Waals surface area contributed by atoms with Crippen molar-refractivity contribution in [1.29, 1.82) is 0 Å². The van der Waals surface area contributed by atoms with E-state index in [1.54, 1.807) is 34.9 Å². The maximum absolute atomic E-state index is 11.8. The second kappa shape index (κ2) is 8.00. The summed E-state index contributed by atoms with van der Waals surface area (Å²) < 4.78 is 12.2. The number of benzene rings is 2. The number of halogens is 2. The van der Waals surface area contributed by atoms with Gasteiger partial charge in [0.2, 0.25) is 0 Å². The van der Waals surface area contributed by atoms with Crippen molar-refractivity contribution in [3.8, 4) is 11.5 Å². The van der Waals surface area contributed by atoms with Gasteiger partial charge in [-0.15, -0.1) is 0 Å². The summed E-state index contributed by atoms with van der Waals surface area (Å²) in [5.74, 6) is -1.83. The Kier molecular flexibility index (Phi) is 5.67. The number of fused-ring (bicyclic) bond motifs is 1. The number of hydrogen-bond acceptors (Lipinski definition) is 4. The summed E-state index contributed by atoms with van der Waals surface area (Å²) in [6.45, 7) is -0.372. The number of methoxy groups -OCH3 is 1. The molecule has 0 saturated heterocycles. The van der Waals surface area contributed by atoms with Gasteiger partial charge in [0.1, 0.15) is 5.69 Å². The topological polar surface area (TPSA) is 98.0 Å². The molecule has 0 aliphatic heterocycles. The van der Waals surface area contributed by atoms with E-state index in [2.05, 4.69) is 0 Å². The lowest BCUT2D eigenvalue weighted by Gasteiger charge is -2.12. The second-order valence-electron chi connectivity index (χ2n) is 5.88. The van der Waals surface area contributed by atoms with Crippen LogP contribution in [0.25, 0.3) is 10.9 Å². The van der Waals surface area contributed by atoms with Gasteiger partial charge in [0, 0.05) is 11.9 Å². The number of ether oxygens (including phenoxy) is 2. The van der Waals surface area contributed by atoms with Gasteiger partial charge in [0.15, 0.2) is 18.1 Å². The van der Waals surface area contributed by atoms with Gasteiger partial charge in [0.25, 0.3) is 0 Å². The molecule has 28 heavy (non-hydrogen) atoms. The average molecular weight is 424 g/mol. The summed E-state index contributed by atoms with van der Waals surface area (Å²) in [5, 5.41) is 19.7. The van der Waals surface area contributed by atoms with Crippen molar-refractivity contribution in [3.63, 3.8) is 0 Å². The Bertz CT molecular complexity index is 1080. The molecular formula is C19H15Cl2NO6. The van der Waals surface area contributed by atoms with Gasteiger partial charge < -0.3 is 24.3 Å². The van der Waals surface area contributed by atoms with Crippen LogP contribution in [0.4, 0.5) is 0 Å². The number of rotatable bonds is 7. The minimum atomic E-state index is -1.16. The normalized spacial score (nSPS) is 10.8. The van der Waals surface area contributed by atoms with Crippen LogP contribution in [-0.4, -0.2) is 40.4 Å². The zero-order chi connectivity index (χ0) is 20.4. The second-order valence-corrected chi connectivity index (χ2v) is 6.70. The molecule has 0 aliphatic rings. The molecule has 2 N–H and O–H groups in total. The number of hydrogen-bond donors (Lipinski definition) is 2. The fraction of sp³-hybridized carbons (Fsp3) is 0.158. The molecule has 0 unspecified atom stereocenters. The summed E-state index contributed by atoms with van der Waals surface area (Å²) in [6.07, 6.45) is 0. The highest BCUT2D eigenvalue weighted by atomic mass is 35.5. The predicted molar refractivity (Wildman–Crippen MR) is 104 cm³/mol. The summed E-state index contributed by atoms with van der Waals surface area (Å²) in [4.78, 5) is 22.7. The molecule has 0 amide bonds.